The van der Waals surface area contributed by atoms with Gasteiger partial charge in [-0.3, -0.25) is 14.5 Å². The number of carbonyl (C=O) groups is 1. The Kier molecular flexibility index (Phi) is 4.64. The number of hydrogen-bond acceptors (Lipinski definition) is 6. The Hall–Kier alpha value is -4.23. The number of benzene rings is 1. The van der Waals surface area contributed by atoms with Crippen LogP contribution in [0.4, 0.5) is 0 Å². The number of aliphatic imine (C=N–C) groups is 1. The Morgan fingerprint density at radius 2 is 2.17 bits per heavy atom. The van der Waals surface area contributed by atoms with Gasteiger partial charge in [-0.05, 0) is 37.3 Å². The van der Waals surface area contributed by atoms with Crippen molar-refractivity contribution in [2.24, 2.45) is 4.99 Å². The zero-order valence-electron chi connectivity index (χ0n) is 15.5. The normalized spacial score (nSPS) is 14.4. The first-order chi connectivity index (χ1) is 14.2. The van der Waals surface area contributed by atoms with Crippen LogP contribution in [-0.2, 0) is 4.74 Å². The van der Waals surface area contributed by atoms with Gasteiger partial charge in [-0.25, -0.2) is 9.78 Å². The van der Waals surface area contributed by atoms with E-state index >= 15 is 0 Å². The fraction of sp³-hybridized carbons (Fsp3) is 0.136. The molecule has 0 saturated heterocycles. The molecule has 4 rings (SSSR count). The standard InChI is InChI=1S/C22H15N5O2/c1-3-16-21-20(22(28)29-4-2)25-13-27(21)18-9-8-14(12-23)11-15(18)19(26-16)17-7-5-6-10-24-17/h1,5-11,13,16H,4H2,2H3/t16-/m0/s1. The van der Waals surface area contributed by atoms with Gasteiger partial charge in [-0.1, -0.05) is 12.0 Å². The van der Waals surface area contributed by atoms with Gasteiger partial charge in [-0.2, -0.15) is 5.26 Å². The lowest BCUT2D eigenvalue weighted by Crippen LogP contribution is -2.12. The Labute approximate surface area is 167 Å². The van der Waals surface area contributed by atoms with Gasteiger partial charge in [0.05, 0.1) is 41.0 Å². The molecule has 0 amide bonds. The van der Waals surface area contributed by atoms with E-state index in [9.17, 15) is 10.1 Å². The number of carbonyl (C=O) groups excluding carboxylic acids is 1. The minimum absolute atomic E-state index is 0.121. The summed E-state index contributed by atoms with van der Waals surface area (Å²) in [7, 11) is 0. The number of rotatable bonds is 3. The van der Waals surface area contributed by atoms with E-state index in [1.807, 2.05) is 12.1 Å². The molecule has 0 radical (unpaired) electrons. The third kappa shape index (κ3) is 3.05. The maximum atomic E-state index is 12.4. The van der Waals surface area contributed by atoms with Gasteiger partial charge < -0.3 is 4.74 Å². The number of nitriles is 1. The molecule has 7 heteroatoms. The van der Waals surface area contributed by atoms with E-state index in [2.05, 4.69) is 22.0 Å². The van der Waals surface area contributed by atoms with Crippen LogP contribution in [-0.4, -0.2) is 32.8 Å². The van der Waals surface area contributed by atoms with Crippen molar-refractivity contribution in [3.63, 3.8) is 0 Å². The number of pyridine rings is 1. The van der Waals surface area contributed by atoms with Crippen molar-refractivity contribution in [3.05, 3.63) is 77.1 Å². The first kappa shape index (κ1) is 18.1. The van der Waals surface area contributed by atoms with Gasteiger partial charge in [0.2, 0.25) is 0 Å². The smallest absolute Gasteiger partial charge is 0.358 e. The van der Waals surface area contributed by atoms with Gasteiger partial charge in [0.1, 0.15) is 6.33 Å². The summed E-state index contributed by atoms with van der Waals surface area (Å²) in [6.07, 6.45) is 8.98. The third-order valence-corrected chi connectivity index (χ3v) is 4.50. The first-order valence-corrected chi connectivity index (χ1v) is 8.92. The molecule has 1 aliphatic heterocycles. The zero-order chi connectivity index (χ0) is 20.4. The molecule has 2 aromatic heterocycles. The van der Waals surface area contributed by atoms with E-state index in [1.54, 1.807) is 42.0 Å². The van der Waals surface area contributed by atoms with Crippen LogP contribution in [0, 0.1) is 23.7 Å². The molecule has 140 valence electrons. The van der Waals surface area contributed by atoms with Gasteiger partial charge in [0.15, 0.2) is 11.7 Å². The Morgan fingerprint density at radius 1 is 1.31 bits per heavy atom. The molecule has 0 spiro atoms. The van der Waals surface area contributed by atoms with Crippen LogP contribution in [0.3, 0.4) is 0 Å². The van der Waals surface area contributed by atoms with Crippen molar-refractivity contribution in [2.75, 3.05) is 6.61 Å². The van der Waals surface area contributed by atoms with Crippen LogP contribution >= 0.6 is 0 Å². The number of imidazole rings is 1. The summed E-state index contributed by atoms with van der Waals surface area (Å²) in [5, 5.41) is 9.38. The summed E-state index contributed by atoms with van der Waals surface area (Å²) in [4.78, 5) is 25.8. The van der Waals surface area contributed by atoms with Gasteiger partial charge in [-0.15, -0.1) is 6.42 Å². The van der Waals surface area contributed by atoms with E-state index in [4.69, 9.17) is 16.2 Å². The van der Waals surface area contributed by atoms with Gasteiger partial charge >= 0.3 is 5.97 Å². The van der Waals surface area contributed by atoms with Crippen molar-refractivity contribution >= 4 is 11.7 Å². The summed E-state index contributed by atoms with van der Waals surface area (Å²) in [5.41, 5.74) is 3.57. The lowest BCUT2D eigenvalue weighted by Gasteiger charge is -2.11. The second-order valence-electron chi connectivity index (χ2n) is 6.17. The summed E-state index contributed by atoms with van der Waals surface area (Å²) >= 11 is 0. The molecule has 3 heterocycles. The largest absolute Gasteiger partial charge is 0.461 e. The van der Waals surface area contributed by atoms with E-state index in [0.29, 0.717) is 33.9 Å². The van der Waals surface area contributed by atoms with E-state index in [-0.39, 0.29) is 12.3 Å². The van der Waals surface area contributed by atoms with Gasteiger partial charge in [0, 0.05) is 11.8 Å². The molecule has 0 bridgehead atoms. The highest BCUT2D eigenvalue weighted by Gasteiger charge is 2.30. The van der Waals surface area contributed by atoms with Crippen molar-refractivity contribution in [3.8, 4) is 24.1 Å². The van der Waals surface area contributed by atoms with Crippen LogP contribution in [0.1, 0.15) is 46.0 Å². The minimum atomic E-state index is -0.785. The Morgan fingerprint density at radius 3 is 2.86 bits per heavy atom. The summed E-state index contributed by atoms with van der Waals surface area (Å²) in [6, 6.07) is 12.0. The second kappa shape index (κ2) is 7.41. The van der Waals surface area contributed by atoms with Gasteiger partial charge in [0.25, 0.3) is 0 Å². The van der Waals surface area contributed by atoms with E-state index in [1.165, 1.54) is 6.33 Å². The summed E-state index contributed by atoms with van der Waals surface area (Å²) in [5.74, 6) is 2.08. The molecule has 0 saturated carbocycles. The number of hydrogen-bond donors (Lipinski definition) is 0. The summed E-state index contributed by atoms with van der Waals surface area (Å²) < 4.78 is 6.86. The number of esters is 1. The van der Waals surface area contributed by atoms with E-state index < -0.39 is 12.0 Å². The monoisotopic (exact) mass is 381 g/mol. The third-order valence-electron chi connectivity index (χ3n) is 4.50. The average Bonchev–Trinajstić information content (AvgIpc) is 3.14. The lowest BCUT2D eigenvalue weighted by molar-refractivity contribution is 0.0518. The van der Waals surface area contributed by atoms with Crippen LogP contribution < -0.4 is 0 Å². The van der Waals surface area contributed by atoms with Crippen molar-refractivity contribution in [1.82, 2.24) is 14.5 Å². The summed E-state index contributed by atoms with van der Waals surface area (Å²) in [6.45, 7) is 1.94. The fourth-order valence-electron chi connectivity index (χ4n) is 3.26. The molecule has 3 aromatic rings. The second-order valence-corrected chi connectivity index (χ2v) is 6.17. The maximum Gasteiger partial charge on any atom is 0.358 e. The van der Waals surface area contributed by atoms with Crippen LogP contribution in [0.25, 0.3) is 5.69 Å². The molecule has 0 N–H and O–H groups in total. The topological polar surface area (TPSA) is 93.2 Å². The molecule has 1 aromatic carbocycles. The molecule has 0 unspecified atom stereocenters. The van der Waals surface area contributed by atoms with Crippen molar-refractivity contribution < 1.29 is 9.53 Å². The molecule has 29 heavy (non-hydrogen) atoms. The molecule has 0 fully saturated rings. The molecular weight excluding hydrogens is 366 g/mol. The number of aromatic nitrogens is 3. The Bertz CT molecular complexity index is 1210. The average molecular weight is 381 g/mol. The number of terminal acetylenes is 1. The van der Waals surface area contributed by atoms with Crippen molar-refractivity contribution in [1.29, 1.82) is 5.26 Å². The SMILES string of the molecule is C#C[C@@H]1N=C(c2ccccn2)c2cc(C#N)ccc2-n2cnc(C(=O)OCC)c21. The Balaban J connectivity index is 2.03. The zero-order valence-corrected chi connectivity index (χ0v) is 15.5. The quantitative estimate of drug-likeness (QED) is 0.514. The number of nitrogens with zero attached hydrogens (tertiary/aromatic N) is 5. The first-order valence-electron chi connectivity index (χ1n) is 8.92. The number of fused-ring (bicyclic) bond motifs is 3. The molecule has 0 aliphatic carbocycles. The highest BCUT2D eigenvalue weighted by molar-refractivity contribution is 6.14. The van der Waals surface area contributed by atoms with E-state index in [0.717, 1.165) is 0 Å². The molecular formula is C22H15N5O2. The number of ether oxygens (including phenoxy) is 1. The molecule has 1 aliphatic rings. The maximum absolute atomic E-state index is 12.4. The predicted octanol–water partition coefficient (Wildman–Crippen LogP) is 2.84. The van der Waals surface area contributed by atoms with Crippen molar-refractivity contribution in [2.45, 2.75) is 13.0 Å². The highest BCUT2D eigenvalue weighted by atomic mass is 16.5. The van der Waals surface area contributed by atoms with Crippen LogP contribution in [0.15, 0.2) is 53.9 Å². The highest BCUT2D eigenvalue weighted by Crippen LogP contribution is 2.32. The predicted molar refractivity (Wildman–Crippen MR) is 106 cm³/mol. The molecule has 1 atom stereocenters. The lowest BCUT2D eigenvalue weighted by atomic mass is 10.0. The van der Waals surface area contributed by atoms with Crippen LogP contribution in [0.5, 0.6) is 0 Å². The minimum Gasteiger partial charge on any atom is -0.461 e. The molecule has 7 nitrogen and oxygen atoms in total. The van der Waals surface area contributed by atoms with Crippen LogP contribution in [0.2, 0.25) is 0 Å². The fourth-order valence-corrected chi connectivity index (χ4v) is 3.26.